The van der Waals surface area contributed by atoms with E-state index in [1.165, 1.54) is 0 Å². The standard InChI is InChI=1S/C14H21ClO.Zr/c1-13(2,3)9-7-8-10(15)11(12(9)16)14(4,5)6;/h7-8,16H,1-6H3;/p-1. The predicted molar refractivity (Wildman–Crippen MR) is 68.3 cm³/mol. The molecule has 0 N–H and O–H groups in total. The monoisotopic (exact) mass is 329 g/mol. The Labute approximate surface area is 129 Å². The summed E-state index contributed by atoms with van der Waals surface area (Å²) in [5.74, 6) is 0.0903. The van der Waals surface area contributed by atoms with Crippen LogP contribution in [0.25, 0.3) is 0 Å². The first-order chi connectivity index (χ1) is 7.05. The van der Waals surface area contributed by atoms with E-state index in [0.29, 0.717) is 5.02 Å². The number of benzene rings is 1. The van der Waals surface area contributed by atoms with Crippen molar-refractivity contribution in [2.75, 3.05) is 0 Å². The van der Waals surface area contributed by atoms with Crippen molar-refractivity contribution in [3.8, 4) is 5.75 Å². The summed E-state index contributed by atoms with van der Waals surface area (Å²) in [5, 5.41) is 13.0. The van der Waals surface area contributed by atoms with Crippen LogP contribution in [0.1, 0.15) is 52.7 Å². The molecule has 0 atom stereocenters. The average Bonchev–Trinajstić information content (AvgIpc) is 1.97. The third kappa shape index (κ3) is 3.83. The minimum absolute atomic E-state index is 0. The van der Waals surface area contributed by atoms with Gasteiger partial charge in [-0.3, -0.25) is 0 Å². The largest absolute Gasteiger partial charge is 0.872 e. The second-order valence-electron chi connectivity index (χ2n) is 6.30. The van der Waals surface area contributed by atoms with E-state index in [1.807, 2.05) is 53.7 Å². The smallest absolute Gasteiger partial charge is 0.0437 e. The van der Waals surface area contributed by atoms with Crippen molar-refractivity contribution in [2.45, 2.75) is 52.4 Å². The van der Waals surface area contributed by atoms with E-state index >= 15 is 0 Å². The van der Waals surface area contributed by atoms with Gasteiger partial charge in [0, 0.05) is 31.2 Å². The number of hydrogen-bond donors (Lipinski definition) is 0. The van der Waals surface area contributed by atoms with Gasteiger partial charge in [0.1, 0.15) is 0 Å². The predicted octanol–water partition coefficient (Wildman–Crippen LogP) is 4.01. The van der Waals surface area contributed by atoms with Crippen molar-refractivity contribution >= 4 is 11.6 Å². The van der Waals surface area contributed by atoms with E-state index in [0.717, 1.165) is 11.1 Å². The molecule has 0 aromatic heterocycles. The molecule has 0 aliphatic rings. The van der Waals surface area contributed by atoms with Crippen LogP contribution in [-0.4, -0.2) is 0 Å². The van der Waals surface area contributed by atoms with E-state index in [4.69, 9.17) is 11.6 Å². The summed E-state index contributed by atoms with van der Waals surface area (Å²) in [5.41, 5.74) is 1.21. The van der Waals surface area contributed by atoms with Crippen LogP contribution in [0.4, 0.5) is 0 Å². The fourth-order valence-electron chi connectivity index (χ4n) is 1.85. The molecule has 0 saturated carbocycles. The Kier molecular flexibility index (Phi) is 5.51. The molecule has 1 nitrogen and oxygen atoms in total. The Morgan fingerprint density at radius 2 is 1.41 bits per heavy atom. The van der Waals surface area contributed by atoms with Crippen LogP contribution in [0, 0.1) is 0 Å². The summed E-state index contributed by atoms with van der Waals surface area (Å²) in [4.78, 5) is 0. The van der Waals surface area contributed by atoms with Crippen molar-refractivity contribution in [3.05, 3.63) is 28.3 Å². The van der Waals surface area contributed by atoms with Crippen molar-refractivity contribution in [1.29, 1.82) is 0 Å². The molecule has 0 fully saturated rings. The summed E-state index contributed by atoms with van der Waals surface area (Å²) in [6.45, 7) is 12.2. The van der Waals surface area contributed by atoms with Gasteiger partial charge in [-0.2, -0.15) is 0 Å². The van der Waals surface area contributed by atoms with E-state index < -0.39 is 0 Å². The van der Waals surface area contributed by atoms with Gasteiger partial charge in [0.2, 0.25) is 0 Å². The second-order valence-corrected chi connectivity index (χ2v) is 6.71. The van der Waals surface area contributed by atoms with Crippen LogP contribution in [0.3, 0.4) is 0 Å². The van der Waals surface area contributed by atoms with E-state index in [1.54, 1.807) is 0 Å². The fraction of sp³-hybridized carbons (Fsp3) is 0.571. The van der Waals surface area contributed by atoms with Crippen molar-refractivity contribution in [1.82, 2.24) is 0 Å². The molecule has 0 heterocycles. The molecule has 0 unspecified atom stereocenters. The van der Waals surface area contributed by atoms with E-state index in [2.05, 4.69) is 0 Å². The summed E-state index contributed by atoms with van der Waals surface area (Å²) in [6, 6.07) is 3.68. The third-order valence-electron chi connectivity index (χ3n) is 2.66. The molecule has 1 aromatic rings. The number of halogens is 1. The van der Waals surface area contributed by atoms with Crippen LogP contribution in [0.15, 0.2) is 12.1 Å². The van der Waals surface area contributed by atoms with E-state index in [-0.39, 0.29) is 42.8 Å². The Morgan fingerprint density at radius 1 is 0.941 bits per heavy atom. The Bertz CT molecular complexity index is 400. The molecule has 3 heteroatoms. The van der Waals surface area contributed by atoms with Crippen molar-refractivity contribution < 1.29 is 31.3 Å². The van der Waals surface area contributed by atoms with Gasteiger partial charge in [-0.15, -0.1) is 0 Å². The molecule has 1 rings (SSSR count). The summed E-state index contributed by atoms with van der Waals surface area (Å²) in [7, 11) is 0. The maximum atomic E-state index is 12.4. The Hall–Kier alpha value is 0.193. The first-order valence-corrected chi connectivity index (χ1v) is 5.93. The van der Waals surface area contributed by atoms with Gasteiger partial charge in [-0.05, 0) is 22.5 Å². The maximum Gasteiger partial charge on any atom is 0.0437 e. The quantitative estimate of drug-likeness (QED) is 0.705. The molecule has 0 bridgehead atoms. The molecule has 0 aliphatic carbocycles. The molecule has 1 aromatic carbocycles. The molecule has 0 amide bonds. The van der Waals surface area contributed by atoms with Gasteiger partial charge >= 0.3 is 0 Å². The van der Waals surface area contributed by atoms with Crippen LogP contribution in [-0.2, 0) is 37.0 Å². The van der Waals surface area contributed by atoms with Gasteiger partial charge in [-0.1, -0.05) is 70.5 Å². The molecule has 17 heavy (non-hydrogen) atoms. The summed E-state index contributed by atoms with van der Waals surface area (Å²) in [6.07, 6.45) is 0. The van der Waals surface area contributed by atoms with Crippen LogP contribution < -0.4 is 5.11 Å². The van der Waals surface area contributed by atoms with Gasteiger partial charge in [0.05, 0.1) is 0 Å². The molecule has 0 spiro atoms. The maximum absolute atomic E-state index is 12.4. The molecule has 0 radical (unpaired) electrons. The first kappa shape index (κ1) is 17.2. The molecular weight excluding hydrogens is 311 g/mol. The van der Waals surface area contributed by atoms with Gasteiger partial charge in [-0.25, -0.2) is 0 Å². The third-order valence-corrected chi connectivity index (χ3v) is 2.98. The second kappa shape index (κ2) is 5.45. The zero-order chi connectivity index (χ0) is 12.7. The molecular formula is C14H20ClOZr-. The van der Waals surface area contributed by atoms with Crippen molar-refractivity contribution in [2.24, 2.45) is 0 Å². The minimum atomic E-state index is -0.213. The topological polar surface area (TPSA) is 23.1 Å². The summed E-state index contributed by atoms with van der Waals surface area (Å²) >= 11 is 6.14. The van der Waals surface area contributed by atoms with Crippen LogP contribution in [0.5, 0.6) is 5.75 Å². The Balaban J connectivity index is 0.00000256. The number of rotatable bonds is 0. The normalized spacial score (nSPS) is 12.2. The SMILES string of the molecule is CC(C)(C)c1ccc(Cl)c(C(C)(C)C)c1[O-].[Zr]. The minimum Gasteiger partial charge on any atom is -0.872 e. The fourth-order valence-corrected chi connectivity index (χ4v) is 2.28. The van der Waals surface area contributed by atoms with Gasteiger partial charge in [0.25, 0.3) is 0 Å². The zero-order valence-electron chi connectivity index (χ0n) is 11.4. The zero-order valence-corrected chi connectivity index (χ0v) is 14.7. The number of hydrogen-bond acceptors (Lipinski definition) is 1. The average molecular weight is 331 g/mol. The Morgan fingerprint density at radius 3 is 1.76 bits per heavy atom. The van der Waals surface area contributed by atoms with Crippen LogP contribution >= 0.6 is 11.6 Å². The van der Waals surface area contributed by atoms with Crippen LogP contribution in [0.2, 0.25) is 5.02 Å². The molecule has 0 aliphatic heterocycles. The summed E-state index contributed by atoms with van der Waals surface area (Å²) < 4.78 is 0. The van der Waals surface area contributed by atoms with Crippen molar-refractivity contribution in [3.63, 3.8) is 0 Å². The van der Waals surface area contributed by atoms with E-state index in [9.17, 15) is 5.11 Å². The van der Waals surface area contributed by atoms with Gasteiger partial charge in [0.15, 0.2) is 0 Å². The first-order valence-electron chi connectivity index (χ1n) is 5.55. The van der Waals surface area contributed by atoms with Gasteiger partial charge < -0.3 is 5.11 Å². The molecule has 0 saturated heterocycles. The molecule has 94 valence electrons.